The highest BCUT2D eigenvalue weighted by Gasteiger charge is 2.36. The molecule has 3 aliphatic rings. The molecule has 2 aliphatic heterocycles. The molecular weight excluding hydrogens is 498 g/mol. The minimum atomic E-state index is -0.295. The van der Waals surface area contributed by atoms with Crippen LogP contribution in [0.25, 0.3) is 5.00 Å². The van der Waals surface area contributed by atoms with E-state index in [1.54, 1.807) is 7.11 Å². The molecule has 1 aliphatic carbocycles. The number of aromatic nitrogens is 1. The van der Waals surface area contributed by atoms with Crippen LogP contribution < -0.4 is 19.5 Å². The van der Waals surface area contributed by atoms with Crippen LogP contribution in [-0.4, -0.2) is 35.8 Å². The number of aryl methyl sites for hydroxylation is 1. The molecular formula is C30H29N3O4S. The maximum Gasteiger partial charge on any atom is 0.322 e. The van der Waals surface area contributed by atoms with Crippen molar-refractivity contribution in [2.45, 2.75) is 38.3 Å². The van der Waals surface area contributed by atoms with Crippen molar-refractivity contribution in [1.82, 2.24) is 9.47 Å². The predicted molar refractivity (Wildman–Crippen MR) is 147 cm³/mol. The van der Waals surface area contributed by atoms with Crippen LogP contribution in [0.4, 0.5) is 10.5 Å². The fourth-order valence-electron chi connectivity index (χ4n) is 5.87. The van der Waals surface area contributed by atoms with Crippen LogP contribution in [0.3, 0.4) is 0 Å². The van der Waals surface area contributed by atoms with E-state index in [-0.39, 0.29) is 12.1 Å². The van der Waals surface area contributed by atoms with E-state index in [1.807, 2.05) is 52.6 Å². The van der Waals surface area contributed by atoms with Crippen molar-refractivity contribution >= 4 is 23.1 Å². The van der Waals surface area contributed by atoms with Gasteiger partial charge in [0.2, 0.25) is 0 Å². The zero-order chi connectivity index (χ0) is 25.6. The SMILES string of the molecule is COc1cccc([C@@H]2c3cccn3-c3sc4c(c3CN2C(=O)Nc2ccc3c(c2)OCCO3)CCCC4)c1. The van der Waals surface area contributed by atoms with E-state index in [0.717, 1.165) is 29.8 Å². The fourth-order valence-corrected chi connectivity index (χ4v) is 7.27. The number of anilines is 1. The van der Waals surface area contributed by atoms with Crippen molar-refractivity contribution < 1.29 is 19.0 Å². The number of carbonyl (C=O) groups excluding carboxylic acids is 1. The summed E-state index contributed by atoms with van der Waals surface area (Å²) in [6.07, 6.45) is 6.74. The summed E-state index contributed by atoms with van der Waals surface area (Å²) in [7, 11) is 1.67. The van der Waals surface area contributed by atoms with E-state index in [9.17, 15) is 4.79 Å². The zero-order valence-corrected chi connectivity index (χ0v) is 22.1. The van der Waals surface area contributed by atoms with Crippen LogP contribution >= 0.6 is 11.3 Å². The highest BCUT2D eigenvalue weighted by Crippen LogP contribution is 2.44. The first-order valence-corrected chi connectivity index (χ1v) is 13.9. The van der Waals surface area contributed by atoms with Crippen molar-refractivity contribution in [1.29, 1.82) is 0 Å². The van der Waals surface area contributed by atoms with Crippen molar-refractivity contribution in [2.24, 2.45) is 0 Å². The minimum absolute atomic E-state index is 0.161. The monoisotopic (exact) mass is 527 g/mol. The van der Waals surface area contributed by atoms with E-state index in [4.69, 9.17) is 14.2 Å². The van der Waals surface area contributed by atoms with Crippen LogP contribution in [0.1, 0.15) is 46.1 Å². The number of benzene rings is 2. The standard InChI is InChI=1S/C30H29N3O4S/c1-35-21-7-4-6-19(16-21)28-24-9-5-13-32(24)29-23(22-8-2-3-10-27(22)38-29)18-33(28)30(34)31-20-11-12-25-26(17-20)37-15-14-36-25/h4-7,9,11-13,16-17,28H,2-3,8,10,14-15,18H2,1H3,(H,31,34)/t28-/m1/s1. The molecule has 2 aromatic carbocycles. The predicted octanol–water partition coefficient (Wildman–Crippen LogP) is 6.33. The topological polar surface area (TPSA) is 65.0 Å². The van der Waals surface area contributed by atoms with Crippen LogP contribution in [0.2, 0.25) is 0 Å². The maximum atomic E-state index is 14.2. The van der Waals surface area contributed by atoms with Crippen LogP contribution in [-0.2, 0) is 19.4 Å². The Morgan fingerprint density at radius 1 is 1.00 bits per heavy atom. The number of nitrogens with zero attached hydrogens (tertiary/aromatic N) is 2. The van der Waals surface area contributed by atoms with Crippen molar-refractivity contribution in [3.8, 4) is 22.2 Å². The Morgan fingerprint density at radius 3 is 2.76 bits per heavy atom. The van der Waals surface area contributed by atoms with Gasteiger partial charge in [0, 0.05) is 28.4 Å². The van der Waals surface area contributed by atoms with Gasteiger partial charge in [0.05, 0.1) is 25.4 Å². The zero-order valence-electron chi connectivity index (χ0n) is 21.2. The number of fused-ring (bicyclic) bond motifs is 6. The van der Waals surface area contributed by atoms with Gasteiger partial charge >= 0.3 is 6.03 Å². The lowest BCUT2D eigenvalue weighted by molar-refractivity contribution is 0.171. The molecule has 0 radical (unpaired) electrons. The second-order valence-electron chi connectivity index (χ2n) is 9.89. The molecule has 2 aromatic heterocycles. The molecule has 0 saturated carbocycles. The smallest absolute Gasteiger partial charge is 0.322 e. The van der Waals surface area contributed by atoms with E-state index in [0.29, 0.717) is 36.9 Å². The second kappa shape index (κ2) is 9.44. The Labute approximate surface area is 225 Å². The molecule has 4 aromatic rings. The molecule has 0 bridgehead atoms. The summed E-state index contributed by atoms with van der Waals surface area (Å²) in [6, 6.07) is 17.3. The lowest BCUT2D eigenvalue weighted by Gasteiger charge is -2.31. The van der Waals surface area contributed by atoms with Gasteiger partial charge in [0.1, 0.15) is 24.0 Å². The molecule has 7 rings (SSSR count). The van der Waals surface area contributed by atoms with Crippen LogP contribution in [0.5, 0.6) is 17.2 Å². The molecule has 0 saturated heterocycles. The quantitative estimate of drug-likeness (QED) is 0.338. The summed E-state index contributed by atoms with van der Waals surface area (Å²) in [6.45, 7) is 1.56. The number of nitrogens with one attached hydrogen (secondary N) is 1. The number of hydrogen-bond donors (Lipinski definition) is 1. The third kappa shape index (κ3) is 3.91. The van der Waals surface area contributed by atoms with E-state index < -0.39 is 0 Å². The van der Waals surface area contributed by atoms with E-state index >= 15 is 0 Å². The molecule has 38 heavy (non-hydrogen) atoms. The fraction of sp³-hybridized carbons (Fsp3) is 0.300. The average Bonchev–Trinajstić information content (AvgIpc) is 3.55. The average molecular weight is 528 g/mol. The summed E-state index contributed by atoms with van der Waals surface area (Å²) in [4.78, 5) is 17.6. The van der Waals surface area contributed by atoms with E-state index in [2.05, 4.69) is 34.3 Å². The van der Waals surface area contributed by atoms with Crippen LogP contribution in [0.15, 0.2) is 60.8 Å². The summed E-state index contributed by atoms with van der Waals surface area (Å²) >= 11 is 1.89. The number of hydrogen-bond acceptors (Lipinski definition) is 5. The summed E-state index contributed by atoms with van der Waals surface area (Å²) in [5.41, 5.74) is 5.44. The lowest BCUT2D eigenvalue weighted by Crippen LogP contribution is -2.38. The molecule has 4 heterocycles. The Hall–Kier alpha value is -3.91. The summed E-state index contributed by atoms with van der Waals surface area (Å²) < 4.78 is 19.3. The third-order valence-electron chi connectivity index (χ3n) is 7.64. The Morgan fingerprint density at radius 2 is 1.87 bits per heavy atom. The lowest BCUT2D eigenvalue weighted by atomic mass is 9.95. The van der Waals surface area contributed by atoms with Gasteiger partial charge in [-0.25, -0.2) is 4.79 Å². The van der Waals surface area contributed by atoms with Crippen molar-refractivity contribution in [3.63, 3.8) is 0 Å². The molecule has 1 atom stereocenters. The number of ether oxygens (including phenoxy) is 3. The normalized spacial score (nSPS) is 17.6. The maximum absolute atomic E-state index is 14.2. The summed E-state index contributed by atoms with van der Waals surface area (Å²) in [5, 5.41) is 4.39. The Kier molecular flexibility index (Phi) is 5.77. The first-order chi connectivity index (χ1) is 18.7. The van der Waals surface area contributed by atoms with Gasteiger partial charge in [-0.2, -0.15) is 0 Å². The molecule has 2 amide bonds. The van der Waals surface area contributed by atoms with Crippen molar-refractivity contribution in [2.75, 3.05) is 25.6 Å². The van der Waals surface area contributed by atoms with Crippen molar-refractivity contribution in [3.05, 3.63) is 88.1 Å². The Balaban J connectivity index is 1.33. The van der Waals surface area contributed by atoms with Gasteiger partial charge in [-0.3, -0.25) is 0 Å². The van der Waals surface area contributed by atoms with Gasteiger partial charge in [0.15, 0.2) is 11.5 Å². The summed E-state index contributed by atoms with van der Waals surface area (Å²) in [5.74, 6) is 2.12. The first-order valence-electron chi connectivity index (χ1n) is 13.1. The van der Waals surface area contributed by atoms with Gasteiger partial charge < -0.3 is 29.0 Å². The number of methoxy groups -OCH3 is 1. The number of rotatable bonds is 3. The third-order valence-corrected chi connectivity index (χ3v) is 8.98. The van der Waals surface area contributed by atoms with Gasteiger partial charge in [-0.1, -0.05) is 12.1 Å². The molecule has 8 heteroatoms. The number of thiophene rings is 1. The number of carbonyl (C=O) groups is 1. The molecule has 1 N–H and O–H groups in total. The molecule has 0 spiro atoms. The van der Waals surface area contributed by atoms with Gasteiger partial charge in [-0.05, 0) is 73.2 Å². The minimum Gasteiger partial charge on any atom is -0.497 e. The molecule has 7 nitrogen and oxygen atoms in total. The highest BCUT2D eigenvalue weighted by atomic mass is 32.1. The number of amides is 2. The van der Waals surface area contributed by atoms with Crippen LogP contribution in [0, 0.1) is 0 Å². The molecule has 0 unspecified atom stereocenters. The Bertz CT molecular complexity index is 1520. The van der Waals surface area contributed by atoms with E-state index in [1.165, 1.54) is 33.8 Å². The highest BCUT2D eigenvalue weighted by molar-refractivity contribution is 7.15. The first kappa shape index (κ1) is 23.2. The number of urea groups is 1. The van der Waals surface area contributed by atoms with Gasteiger partial charge in [-0.15, -0.1) is 11.3 Å². The largest absolute Gasteiger partial charge is 0.497 e. The van der Waals surface area contributed by atoms with Gasteiger partial charge in [0.25, 0.3) is 0 Å². The second-order valence-corrected chi connectivity index (χ2v) is 11.0. The molecule has 0 fully saturated rings. The molecule has 194 valence electrons.